The Labute approximate surface area is 96.6 Å². The molecule has 2 aromatic heterocycles. The van der Waals surface area contributed by atoms with Gasteiger partial charge in [0, 0.05) is 18.3 Å². The molecular formula is C10H9N5O2. The Kier molecular flexibility index (Phi) is 2.87. The lowest BCUT2D eigenvalue weighted by atomic mass is 10.3. The van der Waals surface area contributed by atoms with Crippen molar-refractivity contribution >= 4 is 11.7 Å². The molecule has 0 aliphatic rings. The van der Waals surface area contributed by atoms with Gasteiger partial charge in [0.05, 0.1) is 6.07 Å². The molecule has 0 bridgehead atoms. The summed E-state index contributed by atoms with van der Waals surface area (Å²) in [7, 11) is 0. The van der Waals surface area contributed by atoms with E-state index in [4.69, 9.17) is 9.78 Å². The summed E-state index contributed by atoms with van der Waals surface area (Å²) < 4.78 is 6.21. The molecule has 7 nitrogen and oxygen atoms in total. The molecule has 17 heavy (non-hydrogen) atoms. The lowest BCUT2D eigenvalue weighted by Gasteiger charge is -1.96. The standard InChI is InChI=1S/C10H9N5O2/c1-7-6-8(14-17-7)10(16)12-9-2-4-15(13-9)5-3-11/h2,4,6H,5H2,1H3,(H,12,13,16). The van der Waals surface area contributed by atoms with E-state index in [9.17, 15) is 4.79 Å². The van der Waals surface area contributed by atoms with E-state index in [0.717, 1.165) is 0 Å². The number of carbonyl (C=O) groups is 1. The SMILES string of the molecule is Cc1cc(C(=O)Nc2ccn(CC#N)n2)no1. The number of aryl methyl sites for hydroxylation is 1. The molecule has 0 aromatic carbocycles. The summed E-state index contributed by atoms with van der Waals surface area (Å²) in [6.07, 6.45) is 1.60. The normalized spacial score (nSPS) is 9.88. The zero-order chi connectivity index (χ0) is 12.3. The van der Waals surface area contributed by atoms with Gasteiger partial charge in [-0.05, 0) is 6.92 Å². The Morgan fingerprint density at radius 3 is 3.18 bits per heavy atom. The van der Waals surface area contributed by atoms with Gasteiger partial charge in [0.1, 0.15) is 12.3 Å². The van der Waals surface area contributed by atoms with E-state index in [1.165, 1.54) is 10.7 Å². The van der Waals surface area contributed by atoms with Crippen LogP contribution in [-0.4, -0.2) is 20.8 Å². The van der Waals surface area contributed by atoms with Gasteiger partial charge in [-0.25, -0.2) is 0 Å². The van der Waals surface area contributed by atoms with Gasteiger partial charge in [0.2, 0.25) is 0 Å². The average molecular weight is 231 g/mol. The molecule has 1 N–H and O–H groups in total. The summed E-state index contributed by atoms with van der Waals surface area (Å²) in [4.78, 5) is 11.6. The van der Waals surface area contributed by atoms with Crippen molar-refractivity contribution < 1.29 is 9.32 Å². The Balaban J connectivity index is 2.05. The maximum Gasteiger partial charge on any atom is 0.279 e. The van der Waals surface area contributed by atoms with Crippen LogP contribution >= 0.6 is 0 Å². The molecule has 0 saturated heterocycles. The number of aromatic nitrogens is 3. The molecule has 2 aromatic rings. The summed E-state index contributed by atoms with van der Waals surface area (Å²) >= 11 is 0. The van der Waals surface area contributed by atoms with E-state index in [2.05, 4.69) is 15.6 Å². The van der Waals surface area contributed by atoms with E-state index >= 15 is 0 Å². The number of hydrogen-bond donors (Lipinski definition) is 1. The van der Waals surface area contributed by atoms with E-state index in [0.29, 0.717) is 11.6 Å². The minimum Gasteiger partial charge on any atom is -0.361 e. The van der Waals surface area contributed by atoms with Crippen molar-refractivity contribution in [2.24, 2.45) is 0 Å². The first kappa shape index (κ1) is 10.9. The van der Waals surface area contributed by atoms with Crippen LogP contribution in [0.4, 0.5) is 5.82 Å². The highest BCUT2D eigenvalue weighted by atomic mass is 16.5. The molecule has 7 heteroatoms. The number of rotatable bonds is 3. The van der Waals surface area contributed by atoms with Gasteiger partial charge in [0.25, 0.3) is 5.91 Å². The molecule has 0 unspecified atom stereocenters. The van der Waals surface area contributed by atoms with Crippen LogP contribution in [-0.2, 0) is 6.54 Å². The summed E-state index contributed by atoms with van der Waals surface area (Å²) in [5.41, 5.74) is 0.192. The van der Waals surface area contributed by atoms with Crippen LogP contribution in [0.15, 0.2) is 22.9 Å². The largest absolute Gasteiger partial charge is 0.361 e. The highest BCUT2D eigenvalue weighted by molar-refractivity contribution is 6.02. The lowest BCUT2D eigenvalue weighted by molar-refractivity contribution is 0.101. The first-order valence-electron chi connectivity index (χ1n) is 4.84. The van der Waals surface area contributed by atoms with Crippen molar-refractivity contribution in [3.8, 4) is 6.07 Å². The van der Waals surface area contributed by atoms with Gasteiger partial charge in [-0.3, -0.25) is 9.48 Å². The highest BCUT2D eigenvalue weighted by Crippen LogP contribution is 2.07. The fraction of sp³-hybridized carbons (Fsp3) is 0.200. The Morgan fingerprint density at radius 1 is 1.71 bits per heavy atom. The summed E-state index contributed by atoms with van der Waals surface area (Å²) in [5, 5.41) is 18.6. The third-order valence-electron chi connectivity index (χ3n) is 1.98. The minimum atomic E-state index is -0.399. The second-order valence-electron chi connectivity index (χ2n) is 3.33. The number of carbonyl (C=O) groups excluding carboxylic acids is 1. The van der Waals surface area contributed by atoms with Crippen LogP contribution in [0.3, 0.4) is 0 Å². The van der Waals surface area contributed by atoms with Crippen molar-refractivity contribution in [1.82, 2.24) is 14.9 Å². The van der Waals surface area contributed by atoms with Crippen molar-refractivity contribution in [1.29, 1.82) is 5.26 Å². The average Bonchev–Trinajstić information content (AvgIpc) is 2.88. The van der Waals surface area contributed by atoms with Crippen LogP contribution in [0.2, 0.25) is 0 Å². The molecule has 2 heterocycles. The second-order valence-corrected chi connectivity index (χ2v) is 3.33. The van der Waals surface area contributed by atoms with Crippen LogP contribution in [0.1, 0.15) is 16.2 Å². The third-order valence-corrected chi connectivity index (χ3v) is 1.98. The van der Waals surface area contributed by atoms with Crippen molar-refractivity contribution in [3.05, 3.63) is 29.8 Å². The second kappa shape index (κ2) is 4.49. The van der Waals surface area contributed by atoms with Crippen LogP contribution < -0.4 is 5.32 Å². The van der Waals surface area contributed by atoms with Crippen LogP contribution in [0.5, 0.6) is 0 Å². The fourth-order valence-electron chi connectivity index (χ4n) is 1.24. The topological polar surface area (TPSA) is 96.7 Å². The lowest BCUT2D eigenvalue weighted by Crippen LogP contribution is -2.13. The number of nitrogens with one attached hydrogen (secondary N) is 1. The summed E-state index contributed by atoms with van der Waals surface area (Å²) in [6.45, 7) is 1.84. The number of nitrogens with zero attached hydrogens (tertiary/aromatic N) is 4. The highest BCUT2D eigenvalue weighted by Gasteiger charge is 2.12. The predicted octanol–water partition coefficient (Wildman–Crippen LogP) is 0.955. The molecule has 0 fully saturated rings. The summed E-state index contributed by atoms with van der Waals surface area (Å²) in [6, 6.07) is 5.07. The van der Waals surface area contributed by atoms with Crippen LogP contribution in [0.25, 0.3) is 0 Å². The molecule has 0 saturated carbocycles. The Hall–Kier alpha value is -2.62. The quantitative estimate of drug-likeness (QED) is 0.848. The van der Waals surface area contributed by atoms with Gasteiger partial charge < -0.3 is 9.84 Å². The van der Waals surface area contributed by atoms with E-state index in [1.807, 2.05) is 6.07 Å². The maximum absolute atomic E-state index is 11.6. The molecule has 0 spiro atoms. The number of nitriles is 1. The van der Waals surface area contributed by atoms with Gasteiger partial charge in [0.15, 0.2) is 11.5 Å². The van der Waals surface area contributed by atoms with Crippen LogP contribution in [0, 0.1) is 18.3 Å². The molecule has 0 atom stereocenters. The molecule has 86 valence electrons. The number of anilines is 1. The van der Waals surface area contributed by atoms with Crippen molar-refractivity contribution in [2.75, 3.05) is 5.32 Å². The molecule has 0 aliphatic carbocycles. The van der Waals surface area contributed by atoms with Gasteiger partial charge >= 0.3 is 0 Å². The maximum atomic E-state index is 11.6. The molecule has 0 aliphatic heterocycles. The summed E-state index contributed by atoms with van der Waals surface area (Å²) in [5.74, 6) is 0.528. The molecule has 0 radical (unpaired) electrons. The van der Waals surface area contributed by atoms with Gasteiger partial charge in [-0.2, -0.15) is 10.4 Å². The predicted molar refractivity (Wildman–Crippen MR) is 57.0 cm³/mol. The third kappa shape index (κ3) is 2.49. The fourth-order valence-corrected chi connectivity index (χ4v) is 1.24. The molecule has 2 rings (SSSR count). The number of amides is 1. The van der Waals surface area contributed by atoms with E-state index < -0.39 is 5.91 Å². The van der Waals surface area contributed by atoms with E-state index in [1.54, 1.807) is 19.2 Å². The zero-order valence-electron chi connectivity index (χ0n) is 9.04. The number of hydrogen-bond acceptors (Lipinski definition) is 5. The molecule has 1 amide bonds. The van der Waals surface area contributed by atoms with E-state index in [-0.39, 0.29) is 12.2 Å². The Morgan fingerprint density at radius 2 is 2.53 bits per heavy atom. The zero-order valence-corrected chi connectivity index (χ0v) is 9.04. The molecular weight excluding hydrogens is 222 g/mol. The monoisotopic (exact) mass is 231 g/mol. The Bertz CT molecular complexity index is 578. The minimum absolute atomic E-state index is 0.138. The first-order valence-corrected chi connectivity index (χ1v) is 4.84. The van der Waals surface area contributed by atoms with Crippen molar-refractivity contribution in [2.45, 2.75) is 13.5 Å². The van der Waals surface area contributed by atoms with Gasteiger partial charge in [-0.1, -0.05) is 5.16 Å². The van der Waals surface area contributed by atoms with Gasteiger partial charge in [-0.15, -0.1) is 0 Å². The van der Waals surface area contributed by atoms with Crippen molar-refractivity contribution in [3.63, 3.8) is 0 Å². The first-order chi connectivity index (χ1) is 8.19. The smallest absolute Gasteiger partial charge is 0.279 e.